The Kier molecular flexibility index (Phi) is 4.48. The van der Waals surface area contributed by atoms with E-state index in [2.05, 4.69) is 0 Å². The van der Waals surface area contributed by atoms with Crippen molar-refractivity contribution in [3.63, 3.8) is 0 Å². The molecule has 1 aromatic carbocycles. The molecule has 0 heterocycles. The number of hydrogen-bond acceptors (Lipinski definition) is 3. The van der Waals surface area contributed by atoms with Gasteiger partial charge >= 0.3 is 5.97 Å². The molecule has 5 nitrogen and oxygen atoms in total. The van der Waals surface area contributed by atoms with Gasteiger partial charge in [-0.25, -0.2) is 0 Å². The highest BCUT2D eigenvalue weighted by Gasteiger charge is 2.51. The minimum atomic E-state index is -4.75. The fourth-order valence-corrected chi connectivity index (χ4v) is 2.95. The van der Waals surface area contributed by atoms with Crippen LogP contribution in [0.1, 0.15) is 31.7 Å². The Bertz CT molecular complexity index is 509. The minimum Gasteiger partial charge on any atom is -0.480 e. The lowest BCUT2D eigenvalue weighted by Gasteiger charge is -2.26. The summed E-state index contributed by atoms with van der Waals surface area (Å²) in [4.78, 5) is 11.4. The molecule has 1 atom stereocenters. The van der Waals surface area contributed by atoms with Gasteiger partial charge in [-0.05, 0) is 12.0 Å². The molecule has 18 heavy (non-hydrogen) atoms. The lowest BCUT2D eigenvalue weighted by Crippen LogP contribution is -2.43. The number of carboxylic acid groups (broad SMARTS) is 1. The summed E-state index contributed by atoms with van der Waals surface area (Å²) in [7, 11) is -4.75. The van der Waals surface area contributed by atoms with E-state index in [1.54, 1.807) is 18.2 Å². The summed E-state index contributed by atoms with van der Waals surface area (Å²) in [5.74, 6) is -1.55. The highest BCUT2D eigenvalue weighted by Crippen LogP contribution is 2.35. The van der Waals surface area contributed by atoms with E-state index in [9.17, 15) is 22.9 Å². The molecular weight excluding hydrogens is 256 g/mol. The smallest absolute Gasteiger partial charge is 0.332 e. The van der Waals surface area contributed by atoms with Crippen LogP contribution in [0.25, 0.3) is 0 Å². The van der Waals surface area contributed by atoms with Gasteiger partial charge in [-0.3, -0.25) is 9.35 Å². The monoisotopic (exact) mass is 272 g/mol. The van der Waals surface area contributed by atoms with Crippen LogP contribution in [0.5, 0.6) is 0 Å². The first kappa shape index (κ1) is 14.7. The molecule has 2 N–H and O–H groups in total. The summed E-state index contributed by atoms with van der Waals surface area (Å²) in [5, 5.41) is 9.30. The maximum absolute atomic E-state index is 11.6. The lowest BCUT2D eigenvalue weighted by atomic mass is 9.92. The van der Waals surface area contributed by atoms with Gasteiger partial charge < -0.3 is 5.11 Å². The van der Waals surface area contributed by atoms with Crippen LogP contribution in [0, 0.1) is 0 Å². The Hall–Kier alpha value is -1.40. The molecule has 0 aliphatic rings. The standard InChI is InChI=1S/C12H16O5S/c1-2-3-9-12(11(13)14,18(15,16)17)10-7-5-4-6-8-10/h4-8H,2-3,9H2,1H3,(H,13,14)(H,15,16,17). The summed E-state index contributed by atoms with van der Waals surface area (Å²) in [6.45, 7) is 1.82. The van der Waals surface area contributed by atoms with Gasteiger partial charge in [0.1, 0.15) is 0 Å². The van der Waals surface area contributed by atoms with E-state index >= 15 is 0 Å². The second-order valence-electron chi connectivity index (χ2n) is 4.08. The van der Waals surface area contributed by atoms with E-state index < -0.39 is 20.8 Å². The van der Waals surface area contributed by atoms with Gasteiger partial charge in [0, 0.05) is 0 Å². The first-order valence-corrected chi connectivity index (χ1v) is 7.06. The van der Waals surface area contributed by atoms with Crippen LogP contribution in [0.3, 0.4) is 0 Å². The first-order chi connectivity index (χ1) is 8.36. The molecular formula is C12H16O5S. The number of benzene rings is 1. The topological polar surface area (TPSA) is 91.7 Å². The summed E-state index contributed by atoms with van der Waals surface area (Å²) in [6.07, 6.45) is 0.875. The third kappa shape index (κ3) is 2.54. The molecule has 6 heteroatoms. The largest absolute Gasteiger partial charge is 0.480 e. The number of carbonyl (C=O) groups is 1. The fourth-order valence-electron chi connectivity index (χ4n) is 1.90. The second kappa shape index (κ2) is 5.49. The Labute approximate surface area is 106 Å². The quantitative estimate of drug-likeness (QED) is 0.773. The number of hydrogen-bond donors (Lipinski definition) is 2. The second-order valence-corrected chi connectivity index (χ2v) is 5.72. The van der Waals surface area contributed by atoms with Crippen LogP contribution in [-0.2, 0) is 19.7 Å². The average Bonchev–Trinajstić information content (AvgIpc) is 2.29. The highest BCUT2D eigenvalue weighted by molar-refractivity contribution is 7.87. The van der Waals surface area contributed by atoms with Crippen LogP contribution >= 0.6 is 0 Å². The van der Waals surface area contributed by atoms with Crippen molar-refractivity contribution < 1.29 is 22.9 Å². The Balaban J connectivity index is 3.45. The predicted molar refractivity (Wildman–Crippen MR) is 66.8 cm³/mol. The molecule has 0 aromatic heterocycles. The van der Waals surface area contributed by atoms with Gasteiger partial charge in [-0.1, -0.05) is 50.1 Å². The SMILES string of the molecule is CCCCC(C(=O)O)(c1ccccc1)S(=O)(=O)O. The number of unbranched alkanes of at least 4 members (excludes halogenated alkanes) is 1. The molecule has 100 valence electrons. The van der Waals surface area contributed by atoms with Crippen molar-refractivity contribution >= 4 is 16.1 Å². The molecule has 0 aliphatic heterocycles. The van der Waals surface area contributed by atoms with Crippen molar-refractivity contribution in [2.45, 2.75) is 30.9 Å². The average molecular weight is 272 g/mol. The van der Waals surface area contributed by atoms with Gasteiger partial charge in [0.25, 0.3) is 10.1 Å². The van der Waals surface area contributed by atoms with Crippen molar-refractivity contribution in [3.8, 4) is 0 Å². The van der Waals surface area contributed by atoms with Crippen molar-refractivity contribution in [3.05, 3.63) is 35.9 Å². The number of rotatable bonds is 6. The normalized spacial score (nSPS) is 15.0. The molecule has 0 saturated carbocycles. The summed E-state index contributed by atoms with van der Waals surface area (Å²) < 4.78 is 30.2. The molecule has 0 spiro atoms. The van der Waals surface area contributed by atoms with Crippen molar-refractivity contribution in [1.29, 1.82) is 0 Å². The van der Waals surface area contributed by atoms with Gasteiger partial charge in [-0.2, -0.15) is 8.42 Å². The van der Waals surface area contributed by atoms with Crippen LogP contribution < -0.4 is 0 Å². The van der Waals surface area contributed by atoms with Gasteiger partial charge in [0.15, 0.2) is 0 Å². The van der Waals surface area contributed by atoms with Crippen LogP contribution in [-0.4, -0.2) is 24.0 Å². The third-order valence-electron chi connectivity index (χ3n) is 2.91. The Morgan fingerprint density at radius 2 is 1.83 bits per heavy atom. The molecule has 1 unspecified atom stereocenters. The zero-order valence-electron chi connectivity index (χ0n) is 10.0. The van der Waals surface area contributed by atoms with Crippen LogP contribution in [0.2, 0.25) is 0 Å². The molecule has 1 rings (SSSR count). The predicted octanol–water partition coefficient (Wildman–Crippen LogP) is 2.04. The van der Waals surface area contributed by atoms with Crippen LogP contribution in [0.15, 0.2) is 30.3 Å². The van der Waals surface area contributed by atoms with Crippen LogP contribution in [0.4, 0.5) is 0 Å². The molecule has 0 fully saturated rings. The summed E-state index contributed by atoms with van der Waals surface area (Å²) in [5.41, 5.74) is 0.0773. The molecule has 0 amide bonds. The van der Waals surface area contributed by atoms with E-state index in [1.165, 1.54) is 12.1 Å². The highest BCUT2D eigenvalue weighted by atomic mass is 32.2. The minimum absolute atomic E-state index is 0.0773. The van der Waals surface area contributed by atoms with E-state index in [-0.39, 0.29) is 12.0 Å². The molecule has 0 saturated heterocycles. The third-order valence-corrected chi connectivity index (χ3v) is 4.40. The molecule has 0 radical (unpaired) electrons. The first-order valence-electron chi connectivity index (χ1n) is 5.62. The number of carboxylic acids is 1. The molecule has 0 aliphatic carbocycles. The Morgan fingerprint density at radius 3 is 2.22 bits per heavy atom. The van der Waals surface area contributed by atoms with Crippen molar-refractivity contribution in [1.82, 2.24) is 0 Å². The molecule has 1 aromatic rings. The molecule has 0 bridgehead atoms. The maximum atomic E-state index is 11.6. The summed E-state index contributed by atoms with van der Waals surface area (Å²) >= 11 is 0. The maximum Gasteiger partial charge on any atom is 0.332 e. The lowest BCUT2D eigenvalue weighted by molar-refractivity contribution is -0.140. The van der Waals surface area contributed by atoms with Gasteiger partial charge in [-0.15, -0.1) is 0 Å². The fraction of sp³-hybridized carbons (Fsp3) is 0.417. The van der Waals surface area contributed by atoms with Gasteiger partial charge in [0.2, 0.25) is 4.75 Å². The Morgan fingerprint density at radius 1 is 1.28 bits per heavy atom. The number of aliphatic carboxylic acids is 1. The van der Waals surface area contributed by atoms with Gasteiger partial charge in [0.05, 0.1) is 0 Å². The zero-order valence-corrected chi connectivity index (χ0v) is 10.9. The van der Waals surface area contributed by atoms with Crippen molar-refractivity contribution in [2.75, 3.05) is 0 Å². The van der Waals surface area contributed by atoms with E-state index in [1.807, 2.05) is 6.92 Å². The summed E-state index contributed by atoms with van der Waals surface area (Å²) in [6, 6.07) is 7.54. The van der Waals surface area contributed by atoms with E-state index in [0.29, 0.717) is 12.8 Å². The van der Waals surface area contributed by atoms with E-state index in [0.717, 1.165) is 0 Å². The van der Waals surface area contributed by atoms with Crippen molar-refractivity contribution in [2.24, 2.45) is 0 Å². The van der Waals surface area contributed by atoms with E-state index in [4.69, 9.17) is 0 Å². The zero-order chi connectivity index (χ0) is 13.8.